The summed E-state index contributed by atoms with van der Waals surface area (Å²) in [6.07, 6.45) is 3.92. The molecule has 5 heteroatoms. The van der Waals surface area contributed by atoms with E-state index in [0.29, 0.717) is 12.5 Å². The molecule has 3 heterocycles. The van der Waals surface area contributed by atoms with Crippen LogP contribution in [0.3, 0.4) is 0 Å². The Morgan fingerprint density at radius 2 is 2.13 bits per heavy atom. The number of hydrogen-bond donors (Lipinski definition) is 1. The summed E-state index contributed by atoms with van der Waals surface area (Å²) in [5, 5.41) is 9.79. The molecule has 0 amide bonds. The molecule has 5 nitrogen and oxygen atoms in total. The summed E-state index contributed by atoms with van der Waals surface area (Å²) >= 11 is 0. The van der Waals surface area contributed by atoms with Gasteiger partial charge in [-0.05, 0) is 5.56 Å². The first-order chi connectivity index (χ1) is 11.3. The van der Waals surface area contributed by atoms with E-state index in [1.54, 1.807) is 0 Å². The van der Waals surface area contributed by atoms with Crippen LogP contribution in [0.2, 0.25) is 0 Å². The summed E-state index contributed by atoms with van der Waals surface area (Å²) in [4.78, 5) is 6.96. The van der Waals surface area contributed by atoms with Crippen molar-refractivity contribution in [2.75, 3.05) is 32.9 Å². The summed E-state index contributed by atoms with van der Waals surface area (Å²) in [5.74, 6) is 1.54. The van der Waals surface area contributed by atoms with Crippen molar-refractivity contribution in [2.45, 2.75) is 13.1 Å². The van der Waals surface area contributed by atoms with E-state index in [1.807, 2.05) is 18.5 Å². The zero-order valence-corrected chi connectivity index (χ0v) is 13.3. The monoisotopic (exact) mass is 313 g/mol. The summed E-state index contributed by atoms with van der Waals surface area (Å²) in [6, 6.07) is 10.5. The van der Waals surface area contributed by atoms with E-state index < -0.39 is 0 Å². The van der Waals surface area contributed by atoms with Crippen LogP contribution in [0.5, 0.6) is 0 Å². The molecule has 0 radical (unpaired) electrons. The molecule has 1 aromatic heterocycles. The Hall–Kier alpha value is -1.69. The van der Waals surface area contributed by atoms with Crippen molar-refractivity contribution in [2.24, 2.45) is 11.3 Å². The molecule has 1 N–H and O–H groups in total. The number of hydrogen-bond acceptors (Lipinski definition) is 4. The van der Waals surface area contributed by atoms with Gasteiger partial charge in [0, 0.05) is 43.4 Å². The van der Waals surface area contributed by atoms with Crippen molar-refractivity contribution < 1.29 is 9.84 Å². The first-order valence-electron chi connectivity index (χ1n) is 8.24. The maximum atomic E-state index is 9.79. The van der Waals surface area contributed by atoms with Crippen LogP contribution in [-0.4, -0.2) is 52.5 Å². The van der Waals surface area contributed by atoms with Gasteiger partial charge in [-0.25, -0.2) is 4.98 Å². The van der Waals surface area contributed by atoms with Crippen LogP contribution in [-0.2, 0) is 17.8 Å². The highest BCUT2D eigenvalue weighted by Gasteiger charge is 2.50. The second-order valence-electron chi connectivity index (χ2n) is 6.86. The predicted molar refractivity (Wildman–Crippen MR) is 86.9 cm³/mol. The summed E-state index contributed by atoms with van der Waals surface area (Å²) in [7, 11) is 0. The average molecular weight is 313 g/mol. The molecule has 23 heavy (non-hydrogen) atoms. The van der Waals surface area contributed by atoms with Gasteiger partial charge in [0.2, 0.25) is 0 Å². The van der Waals surface area contributed by atoms with Crippen LogP contribution in [0.4, 0.5) is 0 Å². The first kappa shape index (κ1) is 14.9. The molecule has 2 aliphatic heterocycles. The highest BCUT2D eigenvalue weighted by Crippen LogP contribution is 2.41. The third kappa shape index (κ3) is 2.80. The lowest BCUT2D eigenvalue weighted by atomic mass is 9.82. The number of likely N-dealkylation sites (tertiary alicyclic amines) is 1. The zero-order valence-electron chi connectivity index (χ0n) is 13.3. The second kappa shape index (κ2) is 6.07. The van der Waals surface area contributed by atoms with Gasteiger partial charge < -0.3 is 14.4 Å². The minimum Gasteiger partial charge on any atom is -0.396 e. The van der Waals surface area contributed by atoms with Crippen molar-refractivity contribution >= 4 is 0 Å². The van der Waals surface area contributed by atoms with E-state index in [1.165, 1.54) is 5.56 Å². The molecule has 2 fully saturated rings. The van der Waals surface area contributed by atoms with Crippen molar-refractivity contribution in [3.63, 3.8) is 0 Å². The van der Waals surface area contributed by atoms with Crippen molar-refractivity contribution in [1.29, 1.82) is 0 Å². The van der Waals surface area contributed by atoms with E-state index in [2.05, 4.69) is 38.7 Å². The number of fused-ring (bicyclic) bond motifs is 1. The fourth-order valence-corrected chi connectivity index (χ4v) is 3.90. The molecule has 0 aliphatic carbocycles. The Labute approximate surface area is 136 Å². The minimum absolute atomic E-state index is 0.0587. The number of ether oxygens (including phenoxy) is 1. The number of nitrogens with zero attached hydrogens (tertiary/aromatic N) is 3. The maximum absolute atomic E-state index is 9.79. The second-order valence-corrected chi connectivity index (χ2v) is 6.86. The van der Waals surface area contributed by atoms with E-state index >= 15 is 0 Å². The fraction of sp³-hybridized carbons (Fsp3) is 0.500. The average Bonchev–Trinajstić information content (AvgIpc) is 3.24. The van der Waals surface area contributed by atoms with Crippen LogP contribution >= 0.6 is 0 Å². The molecule has 0 unspecified atom stereocenters. The molecule has 0 saturated carbocycles. The topological polar surface area (TPSA) is 50.5 Å². The first-order valence-corrected chi connectivity index (χ1v) is 8.24. The van der Waals surface area contributed by atoms with Gasteiger partial charge in [-0.1, -0.05) is 30.3 Å². The Morgan fingerprint density at radius 3 is 2.91 bits per heavy atom. The van der Waals surface area contributed by atoms with Crippen LogP contribution < -0.4 is 0 Å². The van der Waals surface area contributed by atoms with Gasteiger partial charge in [-0.3, -0.25) is 4.90 Å². The number of aromatic nitrogens is 2. The molecule has 4 rings (SSSR count). The summed E-state index contributed by atoms with van der Waals surface area (Å²) in [6.45, 7) is 5.23. The summed E-state index contributed by atoms with van der Waals surface area (Å²) < 4.78 is 7.80. The Kier molecular flexibility index (Phi) is 3.93. The van der Waals surface area contributed by atoms with E-state index in [0.717, 1.165) is 38.6 Å². The molecular formula is C18H23N3O2. The van der Waals surface area contributed by atoms with E-state index in [-0.39, 0.29) is 12.0 Å². The molecule has 1 aromatic carbocycles. The lowest BCUT2D eigenvalue weighted by Gasteiger charge is -2.24. The molecule has 2 aromatic rings. The molecule has 0 spiro atoms. The zero-order chi connectivity index (χ0) is 15.7. The highest BCUT2D eigenvalue weighted by atomic mass is 16.5. The minimum atomic E-state index is -0.0587. The van der Waals surface area contributed by atoms with E-state index in [9.17, 15) is 5.11 Å². The van der Waals surface area contributed by atoms with Crippen LogP contribution in [0.15, 0.2) is 42.7 Å². The fourth-order valence-electron chi connectivity index (χ4n) is 3.90. The van der Waals surface area contributed by atoms with Crippen LogP contribution in [0.25, 0.3) is 0 Å². The summed E-state index contributed by atoms with van der Waals surface area (Å²) in [5.41, 5.74) is 1.22. The van der Waals surface area contributed by atoms with Crippen molar-refractivity contribution in [3.8, 4) is 0 Å². The van der Waals surface area contributed by atoms with Crippen LogP contribution in [0, 0.1) is 11.3 Å². The van der Waals surface area contributed by atoms with Gasteiger partial charge in [0.25, 0.3) is 0 Å². The van der Waals surface area contributed by atoms with Gasteiger partial charge in [-0.2, -0.15) is 0 Å². The van der Waals surface area contributed by atoms with Gasteiger partial charge in [0.1, 0.15) is 5.82 Å². The van der Waals surface area contributed by atoms with Crippen molar-refractivity contribution in [3.05, 3.63) is 54.1 Å². The van der Waals surface area contributed by atoms with Gasteiger partial charge in [0.15, 0.2) is 0 Å². The number of imidazole rings is 1. The number of benzene rings is 1. The number of aliphatic hydroxyl groups is 1. The quantitative estimate of drug-likeness (QED) is 0.906. The Bertz CT molecular complexity index is 657. The number of aliphatic hydroxyl groups excluding tert-OH is 1. The standard InChI is InChI=1S/C18H23N3O2/c22-13-18-12-20(9-16(18)11-23-14-18)10-17-19-6-7-21(17)8-15-4-2-1-3-5-15/h1-7,16,22H,8-14H2/t16-,18-/m0/s1. The van der Waals surface area contributed by atoms with Crippen LogP contribution in [0.1, 0.15) is 11.4 Å². The highest BCUT2D eigenvalue weighted by molar-refractivity contribution is 5.16. The largest absolute Gasteiger partial charge is 0.396 e. The van der Waals surface area contributed by atoms with Gasteiger partial charge in [-0.15, -0.1) is 0 Å². The van der Waals surface area contributed by atoms with E-state index in [4.69, 9.17) is 4.74 Å². The molecule has 122 valence electrons. The lowest BCUT2D eigenvalue weighted by molar-refractivity contribution is 0.0797. The molecular weight excluding hydrogens is 290 g/mol. The molecule has 2 saturated heterocycles. The Morgan fingerprint density at radius 1 is 1.26 bits per heavy atom. The maximum Gasteiger partial charge on any atom is 0.123 e. The third-order valence-electron chi connectivity index (χ3n) is 5.27. The predicted octanol–water partition coefficient (Wildman–Crippen LogP) is 1.37. The van der Waals surface area contributed by atoms with Gasteiger partial charge >= 0.3 is 0 Å². The third-order valence-corrected chi connectivity index (χ3v) is 5.27. The molecule has 0 bridgehead atoms. The van der Waals surface area contributed by atoms with Gasteiger partial charge in [0.05, 0.1) is 26.4 Å². The van der Waals surface area contributed by atoms with Crippen molar-refractivity contribution in [1.82, 2.24) is 14.5 Å². The normalized spacial score (nSPS) is 27.4. The Balaban J connectivity index is 1.45. The lowest BCUT2D eigenvalue weighted by Crippen LogP contribution is -2.34. The number of rotatable bonds is 5. The smallest absolute Gasteiger partial charge is 0.123 e. The SMILES string of the molecule is OC[C@@]12COC[C@@H]1CN(Cc1nccn1Cc1ccccc1)C2. The molecule has 2 aliphatic rings. The molecule has 2 atom stereocenters.